The van der Waals surface area contributed by atoms with Crippen molar-refractivity contribution in [1.82, 2.24) is 20.3 Å². The van der Waals surface area contributed by atoms with E-state index < -0.39 is 5.82 Å². The maximum absolute atomic E-state index is 13.7. The van der Waals surface area contributed by atoms with Crippen molar-refractivity contribution in [2.45, 2.75) is 13.2 Å². The van der Waals surface area contributed by atoms with Crippen LogP contribution in [0.5, 0.6) is 5.75 Å². The fraction of sp³-hybridized carbons (Fsp3) is 0.133. The highest BCUT2D eigenvalue weighted by molar-refractivity contribution is 6.31. The van der Waals surface area contributed by atoms with Crippen LogP contribution in [-0.4, -0.2) is 20.3 Å². The second kappa shape index (κ2) is 7.14. The van der Waals surface area contributed by atoms with E-state index in [1.165, 1.54) is 10.9 Å². The number of nitrogen functional groups attached to an aromatic ring is 1. The van der Waals surface area contributed by atoms with Gasteiger partial charge in [0.2, 0.25) is 0 Å². The number of benzene rings is 2. The molecular formula is C15H14ClFN6O. The molecule has 0 bridgehead atoms. The van der Waals surface area contributed by atoms with E-state index in [-0.39, 0.29) is 12.6 Å². The smallest absolute Gasteiger partial charge is 0.260 e. The Morgan fingerprint density at radius 1 is 1.25 bits per heavy atom. The van der Waals surface area contributed by atoms with E-state index >= 15 is 0 Å². The zero-order chi connectivity index (χ0) is 16.9. The van der Waals surface area contributed by atoms with Gasteiger partial charge in [0.1, 0.15) is 18.2 Å². The molecule has 7 nitrogen and oxygen atoms in total. The van der Waals surface area contributed by atoms with Gasteiger partial charge in [0, 0.05) is 5.56 Å². The number of nitrogens with one attached hydrogen (secondary N) is 1. The summed E-state index contributed by atoms with van der Waals surface area (Å²) in [5.74, 6) is 0.365. The molecule has 0 amide bonds. The molecule has 0 unspecified atom stereocenters. The zero-order valence-corrected chi connectivity index (χ0v) is 13.2. The molecule has 0 atom stereocenters. The molecular weight excluding hydrogens is 335 g/mol. The summed E-state index contributed by atoms with van der Waals surface area (Å²) in [5, 5.41) is 11.0. The first-order valence-electron chi connectivity index (χ1n) is 7.06. The molecule has 0 aliphatic heterocycles. The van der Waals surface area contributed by atoms with Crippen molar-refractivity contribution < 1.29 is 9.13 Å². The summed E-state index contributed by atoms with van der Waals surface area (Å²) < 4.78 is 19.4. The van der Waals surface area contributed by atoms with Crippen LogP contribution in [0, 0.1) is 5.82 Å². The predicted octanol–water partition coefficient (Wildman–Crippen LogP) is 2.37. The molecule has 1 aromatic heterocycles. The van der Waals surface area contributed by atoms with Crippen LogP contribution in [0.25, 0.3) is 0 Å². The van der Waals surface area contributed by atoms with Crippen LogP contribution in [0.3, 0.4) is 0 Å². The lowest BCUT2D eigenvalue weighted by Crippen LogP contribution is -2.18. The van der Waals surface area contributed by atoms with Gasteiger partial charge in [0.25, 0.3) is 5.95 Å². The van der Waals surface area contributed by atoms with Gasteiger partial charge in [0.05, 0.1) is 11.6 Å². The molecule has 24 heavy (non-hydrogen) atoms. The van der Waals surface area contributed by atoms with E-state index in [1.54, 1.807) is 18.2 Å². The molecule has 0 aliphatic carbocycles. The molecule has 0 radical (unpaired) electrons. The monoisotopic (exact) mass is 348 g/mol. The summed E-state index contributed by atoms with van der Waals surface area (Å²) in [6.45, 7) is 0.481. The van der Waals surface area contributed by atoms with Gasteiger partial charge in [-0.05, 0) is 40.3 Å². The van der Waals surface area contributed by atoms with Crippen molar-refractivity contribution in [3.8, 4) is 5.75 Å². The lowest BCUT2D eigenvalue weighted by Gasteiger charge is -2.11. The van der Waals surface area contributed by atoms with Gasteiger partial charge >= 0.3 is 0 Å². The molecule has 9 heteroatoms. The number of rotatable bonds is 6. The number of nitrogens with two attached hydrogens (primary N) is 1. The van der Waals surface area contributed by atoms with Crippen molar-refractivity contribution in [3.63, 3.8) is 0 Å². The minimum atomic E-state index is -0.394. The number of halogens is 2. The second-order valence-electron chi connectivity index (χ2n) is 4.92. The van der Waals surface area contributed by atoms with Crippen LogP contribution in [0.4, 0.5) is 10.3 Å². The highest BCUT2D eigenvalue weighted by Crippen LogP contribution is 2.22. The van der Waals surface area contributed by atoms with Crippen LogP contribution in [0.2, 0.25) is 5.02 Å². The average molecular weight is 349 g/mol. The third-order valence-corrected chi connectivity index (χ3v) is 3.62. The topological polar surface area (TPSA) is 90.9 Å². The van der Waals surface area contributed by atoms with Crippen LogP contribution < -0.4 is 15.9 Å². The highest BCUT2D eigenvalue weighted by atomic mass is 35.5. The number of tetrazole rings is 1. The number of hydrogen-bond acceptors (Lipinski definition) is 6. The summed E-state index contributed by atoms with van der Waals surface area (Å²) in [5.41, 5.74) is 9.76. The molecule has 0 spiro atoms. The summed E-state index contributed by atoms with van der Waals surface area (Å²) in [6.07, 6.45) is 0. The Bertz CT molecular complexity index is 820. The SMILES string of the molecule is Nc1nnnn1NCc1cccc(OCc2c(F)cccc2Cl)c1. The minimum absolute atomic E-state index is 0.0440. The summed E-state index contributed by atoms with van der Waals surface area (Å²) in [7, 11) is 0. The minimum Gasteiger partial charge on any atom is -0.489 e. The number of aromatic nitrogens is 4. The van der Waals surface area contributed by atoms with Crippen molar-refractivity contribution >= 4 is 17.5 Å². The largest absolute Gasteiger partial charge is 0.489 e. The predicted molar refractivity (Wildman–Crippen MR) is 87.5 cm³/mol. The fourth-order valence-electron chi connectivity index (χ4n) is 2.04. The quantitative estimate of drug-likeness (QED) is 0.710. The first-order chi connectivity index (χ1) is 11.6. The van der Waals surface area contributed by atoms with Crippen LogP contribution in [0.1, 0.15) is 11.1 Å². The lowest BCUT2D eigenvalue weighted by molar-refractivity contribution is 0.299. The van der Waals surface area contributed by atoms with Gasteiger partial charge in [-0.2, -0.15) is 0 Å². The van der Waals surface area contributed by atoms with Crippen LogP contribution in [-0.2, 0) is 13.2 Å². The summed E-state index contributed by atoms with van der Waals surface area (Å²) in [4.78, 5) is 1.27. The third-order valence-electron chi connectivity index (χ3n) is 3.27. The van der Waals surface area contributed by atoms with Gasteiger partial charge in [-0.3, -0.25) is 0 Å². The van der Waals surface area contributed by atoms with Gasteiger partial charge in [-0.15, -0.1) is 4.79 Å². The van der Waals surface area contributed by atoms with E-state index in [4.69, 9.17) is 22.1 Å². The van der Waals surface area contributed by atoms with Crippen LogP contribution >= 0.6 is 11.6 Å². The lowest BCUT2D eigenvalue weighted by atomic mass is 10.2. The molecule has 3 N–H and O–H groups in total. The molecule has 0 saturated carbocycles. The standard InChI is InChI=1S/C15H14ClFN6O/c16-13-5-2-6-14(17)12(13)9-24-11-4-1-3-10(7-11)8-19-23-15(18)20-21-22-23/h1-7,19H,8-9H2,(H2,18,20,22). The molecule has 0 fully saturated rings. The Morgan fingerprint density at radius 2 is 2.08 bits per heavy atom. The van der Waals surface area contributed by atoms with E-state index in [2.05, 4.69) is 21.0 Å². The van der Waals surface area contributed by atoms with Gasteiger partial charge in [0.15, 0.2) is 0 Å². The molecule has 3 rings (SSSR count). The van der Waals surface area contributed by atoms with E-state index in [0.717, 1.165) is 5.56 Å². The number of ether oxygens (including phenoxy) is 1. The molecule has 1 heterocycles. The van der Waals surface area contributed by atoms with Crippen molar-refractivity contribution in [3.05, 3.63) is 64.4 Å². The van der Waals surface area contributed by atoms with Crippen LogP contribution in [0.15, 0.2) is 42.5 Å². The number of hydrogen-bond donors (Lipinski definition) is 2. The number of anilines is 1. The van der Waals surface area contributed by atoms with Crippen molar-refractivity contribution in [1.29, 1.82) is 0 Å². The number of nitrogens with zero attached hydrogens (tertiary/aromatic N) is 4. The van der Waals surface area contributed by atoms with E-state index in [0.29, 0.717) is 22.9 Å². The molecule has 0 saturated heterocycles. The Morgan fingerprint density at radius 3 is 2.83 bits per heavy atom. The van der Waals surface area contributed by atoms with E-state index in [1.807, 2.05) is 18.2 Å². The van der Waals surface area contributed by atoms with E-state index in [9.17, 15) is 4.39 Å². The van der Waals surface area contributed by atoms with Gasteiger partial charge in [-0.25, -0.2) is 4.39 Å². The molecule has 3 aromatic rings. The Hall–Kier alpha value is -2.87. The Balaban J connectivity index is 1.64. The average Bonchev–Trinajstić information content (AvgIpc) is 2.98. The summed E-state index contributed by atoms with van der Waals surface area (Å²) in [6, 6.07) is 11.9. The molecule has 2 aromatic carbocycles. The highest BCUT2D eigenvalue weighted by Gasteiger charge is 2.08. The zero-order valence-electron chi connectivity index (χ0n) is 12.5. The van der Waals surface area contributed by atoms with Gasteiger partial charge < -0.3 is 15.9 Å². The van der Waals surface area contributed by atoms with Crippen molar-refractivity contribution in [2.75, 3.05) is 11.2 Å². The first kappa shape index (κ1) is 16.0. The second-order valence-corrected chi connectivity index (χ2v) is 5.33. The molecule has 0 aliphatic rings. The third kappa shape index (κ3) is 3.72. The fourth-order valence-corrected chi connectivity index (χ4v) is 2.26. The van der Waals surface area contributed by atoms with Crippen molar-refractivity contribution in [2.24, 2.45) is 0 Å². The molecule has 124 valence electrons. The summed E-state index contributed by atoms with van der Waals surface area (Å²) >= 11 is 5.99. The van der Waals surface area contributed by atoms with Gasteiger partial charge in [-0.1, -0.05) is 34.9 Å². The maximum atomic E-state index is 13.7. The normalized spacial score (nSPS) is 10.6. The Labute approximate surface area is 142 Å². The maximum Gasteiger partial charge on any atom is 0.260 e. The Kier molecular flexibility index (Phi) is 4.76. The first-order valence-corrected chi connectivity index (χ1v) is 7.43.